The van der Waals surface area contributed by atoms with E-state index in [1.165, 1.54) is 5.56 Å². The molecule has 5 nitrogen and oxygen atoms in total. The molecule has 0 unspecified atom stereocenters. The summed E-state index contributed by atoms with van der Waals surface area (Å²) >= 11 is 0. The van der Waals surface area contributed by atoms with E-state index in [0.29, 0.717) is 19.8 Å². The summed E-state index contributed by atoms with van der Waals surface area (Å²) in [4.78, 5) is 14.7. The van der Waals surface area contributed by atoms with Crippen LogP contribution in [0, 0.1) is 12.8 Å². The molecular weight excluding hydrogens is 282 g/mol. The summed E-state index contributed by atoms with van der Waals surface area (Å²) < 4.78 is 16.4. The molecule has 2 fully saturated rings. The molecule has 0 aliphatic carbocycles. The van der Waals surface area contributed by atoms with Crippen LogP contribution in [0.2, 0.25) is 0 Å². The molecule has 0 N–H and O–H groups in total. The third-order valence-electron chi connectivity index (χ3n) is 4.20. The van der Waals surface area contributed by atoms with Gasteiger partial charge >= 0.3 is 0 Å². The number of anilines is 1. The minimum Gasteiger partial charge on any atom is -0.381 e. The normalized spacial score (nSPS) is 25.5. The highest BCUT2D eigenvalue weighted by molar-refractivity contribution is 5.95. The maximum atomic E-state index is 12.9. The molecule has 0 radical (unpaired) electrons. The molecule has 120 valence electrons. The first-order chi connectivity index (χ1) is 10.6. The quantitative estimate of drug-likeness (QED) is 0.857. The first-order valence-electron chi connectivity index (χ1n) is 7.90. The van der Waals surface area contributed by atoms with Crippen molar-refractivity contribution in [2.45, 2.75) is 39.3 Å². The molecule has 2 aliphatic heterocycles. The second kappa shape index (κ2) is 6.77. The molecule has 5 heteroatoms. The summed E-state index contributed by atoms with van der Waals surface area (Å²) in [6, 6.07) is 8.00. The zero-order valence-electron chi connectivity index (χ0n) is 13.2. The van der Waals surface area contributed by atoms with E-state index in [1.807, 2.05) is 38.1 Å². The number of carbonyl (C=O) groups is 1. The third kappa shape index (κ3) is 3.48. The lowest BCUT2D eigenvalue weighted by Crippen LogP contribution is -2.50. The Labute approximate surface area is 131 Å². The molecule has 0 atom stereocenters. The molecule has 2 saturated heterocycles. The molecule has 2 aliphatic rings. The maximum absolute atomic E-state index is 12.9. The van der Waals surface area contributed by atoms with Crippen LogP contribution in [0.5, 0.6) is 0 Å². The Hall–Kier alpha value is -1.43. The van der Waals surface area contributed by atoms with E-state index in [9.17, 15) is 4.79 Å². The number of hydrogen-bond donors (Lipinski definition) is 0. The molecule has 1 amide bonds. The Bertz CT molecular complexity index is 504. The van der Waals surface area contributed by atoms with Crippen molar-refractivity contribution in [3.05, 3.63) is 29.8 Å². The number of benzene rings is 1. The van der Waals surface area contributed by atoms with Gasteiger partial charge in [-0.1, -0.05) is 17.7 Å². The van der Waals surface area contributed by atoms with Crippen LogP contribution in [0.4, 0.5) is 5.69 Å². The van der Waals surface area contributed by atoms with Crippen molar-refractivity contribution in [3.8, 4) is 0 Å². The van der Waals surface area contributed by atoms with Gasteiger partial charge in [0.25, 0.3) is 0 Å². The van der Waals surface area contributed by atoms with Gasteiger partial charge in [-0.15, -0.1) is 0 Å². The number of nitrogens with zero attached hydrogens (tertiary/aromatic N) is 1. The first kappa shape index (κ1) is 15.5. The monoisotopic (exact) mass is 305 g/mol. The Kier molecular flexibility index (Phi) is 4.76. The number of amides is 1. The van der Waals surface area contributed by atoms with Crippen molar-refractivity contribution >= 4 is 11.6 Å². The van der Waals surface area contributed by atoms with E-state index in [-0.39, 0.29) is 24.4 Å². The van der Waals surface area contributed by atoms with Gasteiger partial charge in [-0.2, -0.15) is 0 Å². The fourth-order valence-electron chi connectivity index (χ4n) is 2.89. The van der Waals surface area contributed by atoms with Gasteiger partial charge in [-0.25, -0.2) is 0 Å². The minimum atomic E-state index is -0.333. The molecule has 1 aromatic rings. The predicted octanol–water partition coefficient (Wildman–Crippen LogP) is 2.47. The van der Waals surface area contributed by atoms with Gasteiger partial charge in [-0.3, -0.25) is 4.79 Å². The van der Waals surface area contributed by atoms with Crippen LogP contribution in [-0.2, 0) is 19.0 Å². The molecule has 2 heterocycles. The summed E-state index contributed by atoms with van der Waals surface area (Å²) in [5, 5.41) is 0. The third-order valence-corrected chi connectivity index (χ3v) is 4.20. The fourth-order valence-corrected chi connectivity index (χ4v) is 2.89. The highest BCUT2D eigenvalue weighted by Crippen LogP contribution is 2.26. The van der Waals surface area contributed by atoms with E-state index in [1.54, 1.807) is 4.90 Å². The van der Waals surface area contributed by atoms with Gasteiger partial charge in [0.15, 0.2) is 12.6 Å². The Balaban J connectivity index is 1.75. The van der Waals surface area contributed by atoms with Gasteiger partial charge in [0.05, 0.1) is 6.54 Å². The molecule has 3 rings (SSSR count). The van der Waals surface area contributed by atoms with Gasteiger partial charge in [0.1, 0.15) is 0 Å². The topological polar surface area (TPSA) is 48.0 Å². The van der Waals surface area contributed by atoms with Crippen LogP contribution in [0.3, 0.4) is 0 Å². The number of carbonyl (C=O) groups excluding carboxylic acids is 1. The van der Waals surface area contributed by atoms with Gasteiger partial charge in [-0.05, 0) is 38.8 Å². The molecular formula is C17H23NO4. The molecule has 0 aromatic heterocycles. The lowest BCUT2D eigenvalue weighted by molar-refractivity contribution is -0.370. The highest BCUT2D eigenvalue weighted by atomic mass is 16.9. The lowest BCUT2D eigenvalue weighted by atomic mass is 9.98. The standard InChI is InChI=1S/C17H23NO4/c1-12-3-5-15(6-4-12)18(11-16-21-13(2)22-16)17(19)14-7-9-20-10-8-14/h3-6,13-14,16H,7-11H2,1-2H3. The van der Waals surface area contributed by atoms with Gasteiger partial charge in [0.2, 0.25) is 5.91 Å². The SMILES string of the molecule is Cc1ccc(N(CC2OC(C)O2)C(=O)C2CCOCC2)cc1. The Morgan fingerprint density at radius 1 is 1.18 bits per heavy atom. The minimum absolute atomic E-state index is 0.0209. The van der Waals surface area contributed by atoms with E-state index < -0.39 is 0 Å². The van der Waals surface area contributed by atoms with Crippen LogP contribution in [0.15, 0.2) is 24.3 Å². The second-order valence-electron chi connectivity index (χ2n) is 5.94. The van der Waals surface area contributed by atoms with E-state index in [0.717, 1.165) is 18.5 Å². The van der Waals surface area contributed by atoms with E-state index in [4.69, 9.17) is 14.2 Å². The molecule has 0 spiro atoms. The summed E-state index contributed by atoms with van der Waals surface area (Å²) in [7, 11) is 0. The molecule has 22 heavy (non-hydrogen) atoms. The number of hydrogen-bond acceptors (Lipinski definition) is 4. The summed E-state index contributed by atoms with van der Waals surface area (Å²) in [5.41, 5.74) is 2.07. The summed E-state index contributed by atoms with van der Waals surface area (Å²) in [6.45, 7) is 5.64. The van der Waals surface area contributed by atoms with Crippen LogP contribution in [-0.4, -0.2) is 38.2 Å². The van der Waals surface area contributed by atoms with Crippen LogP contribution in [0.25, 0.3) is 0 Å². The number of ether oxygens (including phenoxy) is 3. The van der Waals surface area contributed by atoms with Crippen molar-refractivity contribution in [3.63, 3.8) is 0 Å². The van der Waals surface area contributed by atoms with E-state index in [2.05, 4.69) is 0 Å². The van der Waals surface area contributed by atoms with E-state index >= 15 is 0 Å². The fraction of sp³-hybridized carbons (Fsp3) is 0.588. The van der Waals surface area contributed by atoms with Crippen LogP contribution < -0.4 is 4.90 Å². The number of aryl methyl sites for hydroxylation is 1. The second-order valence-corrected chi connectivity index (χ2v) is 5.94. The van der Waals surface area contributed by atoms with Gasteiger partial charge < -0.3 is 19.1 Å². The smallest absolute Gasteiger partial charge is 0.230 e. The first-order valence-corrected chi connectivity index (χ1v) is 7.90. The van der Waals surface area contributed by atoms with Crippen LogP contribution in [0.1, 0.15) is 25.3 Å². The van der Waals surface area contributed by atoms with Crippen molar-refractivity contribution in [2.24, 2.45) is 5.92 Å². The van der Waals surface area contributed by atoms with Crippen molar-refractivity contribution in [2.75, 3.05) is 24.7 Å². The van der Waals surface area contributed by atoms with Gasteiger partial charge in [0, 0.05) is 24.8 Å². The average Bonchev–Trinajstić information content (AvgIpc) is 2.52. The van der Waals surface area contributed by atoms with Crippen molar-refractivity contribution < 1.29 is 19.0 Å². The molecule has 0 bridgehead atoms. The zero-order chi connectivity index (χ0) is 15.5. The Morgan fingerprint density at radius 2 is 1.82 bits per heavy atom. The van der Waals surface area contributed by atoms with Crippen molar-refractivity contribution in [1.29, 1.82) is 0 Å². The lowest BCUT2D eigenvalue weighted by Gasteiger charge is -2.38. The predicted molar refractivity (Wildman–Crippen MR) is 82.5 cm³/mol. The maximum Gasteiger partial charge on any atom is 0.230 e. The molecule has 1 aromatic carbocycles. The highest BCUT2D eigenvalue weighted by Gasteiger charge is 2.34. The van der Waals surface area contributed by atoms with Crippen LogP contribution >= 0.6 is 0 Å². The zero-order valence-corrected chi connectivity index (χ0v) is 13.2. The largest absolute Gasteiger partial charge is 0.381 e. The average molecular weight is 305 g/mol. The summed E-state index contributed by atoms with van der Waals surface area (Å²) in [6.07, 6.45) is 1.05. The Morgan fingerprint density at radius 3 is 2.41 bits per heavy atom. The molecule has 0 saturated carbocycles. The number of rotatable bonds is 4. The summed E-state index contributed by atoms with van der Waals surface area (Å²) in [5.74, 6) is 0.159. The van der Waals surface area contributed by atoms with Crippen molar-refractivity contribution in [1.82, 2.24) is 0 Å².